The third-order valence-corrected chi connectivity index (χ3v) is 8.97. The van der Waals surface area contributed by atoms with Crippen LogP contribution >= 0.6 is 11.6 Å². The van der Waals surface area contributed by atoms with Gasteiger partial charge in [0, 0.05) is 33.3 Å². The molecule has 0 bridgehead atoms. The molecule has 6 rings (SSSR count). The lowest BCUT2D eigenvalue weighted by molar-refractivity contribution is -0.118. The van der Waals surface area contributed by atoms with Gasteiger partial charge in [-0.2, -0.15) is 0 Å². The average Bonchev–Trinajstić information content (AvgIpc) is 3.36. The molecule has 0 aliphatic carbocycles. The van der Waals surface area contributed by atoms with Gasteiger partial charge in [-0.3, -0.25) is 4.79 Å². The minimum absolute atomic E-state index is 0.0247. The number of aromatic nitrogens is 1. The Morgan fingerprint density at radius 1 is 0.884 bits per heavy atom. The number of amides is 1. The van der Waals surface area contributed by atoms with E-state index >= 15 is 0 Å². The summed E-state index contributed by atoms with van der Waals surface area (Å²) in [5.41, 5.74) is 8.40. The summed E-state index contributed by atoms with van der Waals surface area (Å²) < 4.78 is 2.40. The van der Waals surface area contributed by atoms with Crippen molar-refractivity contribution in [2.24, 2.45) is 5.92 Å². The molecule has 1 aromatic heterocycles. The molecule has 0 radical (unpaired) electrons. The molecule has 43 heavy (non-hydrogen) atoms. The predicted octanol–water partition coefficient (Wildman–Crippen LogP) is 9.36. The molecule has 4 nitrogen and oxygen atoms in total. The zero-order valence-corrected chi connectivity index (χ0v) is 25.9. The quantitative estimate of drug-likeness (QED) is 0.186. The Labute approximate surface area is 260 Å². The van der Waals surface area contributed by atoms with E-state index in [0.717, 1.165) is 67.3 Å². The Kier molecular flexibility index (Phi) is 8.97. The molecule has 2 heterocycles. The van der Waals surface area contributed by atoms with Gasteiger partial charge in [-0.1, -0.05) is 86.1 Å². The zero-order valence-electron chi connectivity index (χ0n) is 25.1. The summed E-state index contributed by atoms with van der Waals surface area (Å²) >= 11 is 6.51. The highest BCUT2D eigenvalue weighted by molar-refractivity contribution is 6.30. The fraction of sp³-hybridized carbons (Fsp3) is 0.289. The summed E-state index contributed by atoms with van der Waals surface area (Å²) in [6.07, 6.45) is 4.38. The highest BCUT2D eigenvalue weighted by atomic mass is 35.5. The maximum atomic E-state index is 12.2. The monoisotopic (exact) mass is 589 g/mol. The third-order valence-electron chi connectivity index (χ3n) is 8.73. The van der Waals surface area contributed by atoms with Crippen molar-refractivity contribution in [3.8, 4) is 16.9 Å². The van der Waals surface area contributed by atoms with Crippen LogP contribution in [-0.2, 0) is 11.2 Å². The van der Waals surface area contributed by atoms with Crippen molar-refractivity contribution in [2.75, 3.05) is 25.0 Å². The highest BCUT2D eigenvalue weighted by Crippen LogP contribution is 2.38. The lowest BCUT2D eigenvalue weighted by atomic mass is 9.89. The number of carbonyl (C=O) groups is 1. The number of fused-ring (bicyclic) bond motifs is 1. The molecule has 1 N–H and O–H groups in total. The largest absolute Gasteiger partial charge is 0.326 e. The van der Waals surface area contributed by atoms with Crippen LogP contribution in [0, 0.1) is 5.92 Å². The molecule has 0 saturated carbocycles. The molecule has 1 aliphatic rings. The molecule has 1 aliphatic heterocycles. The highest BCUT2D eigenvalue weighted by Gasteiger charge is 2.23. The molecule has 0 spiro atoms. The van der Waals surface area contributed by atoms with Crippen molar-refractivity contribution in [3.63, 3.8) is 0 Å². The van der Waals surface area contributed by atoms with Gasteiger partial charge >= 0.3 is 0 Å². The first kappa shape index (κ1) is 29.2. The minimum Gasteiger partial charge on any atom is -0.326 e. The summed E-state index contributed by atoms with van der Waals surface area (Å²) in [6, 6.07) is 36.1. The van der Waals surface area contributed by atoms with Gasteiger partial charge in [0.05, 0.1) is 11.2 Å². The number of hydrogen-bond donors (Lipinski definition) is 1. The Morgan fingerprint density at radius 2 is 1.63 bits per heavy atom. The van der Waals surface area contributed by atoms with Crippen LogP contribution < -0.4 is 5.32 Å². The van der Waals surface area contributed by atoms with Gasteiger partial charge < -0.3 is 14.8 Å². The Morgan fingerprint density at radius 3 is 2.40 bits per heavy atom. The smallest absolute Gasteiger partial charge is 0.226 e. The molecule has 220 valence electrons. The number of piperidine rings is 1. The van der Waals surface area contributed by atoms with Crippen molar-refractivity contribution in [1.29, 1.82) is 0 Å². The molecule has 0 unspecified atom stereocenters. The fourth-order valence-corrected chi connectivity index (χ4v) is 6.66. The van der Waals surface area contributed by atoms with Crippen molar-refractivity contribution in [2.45, 2.75) is 45.4 Å². The summed E-state index contributed by atoms with van der Waals surface area (Å²) in [5, 5.41) is 5.12. The predicted molar refractivity (Wildman–Crippen MR) is 180 cm³/mol. The normalized spacial score (nSPS) is 14.4. The number of aryl methyl sites for hydroxylation is 1. The first-order valence-corrected chi connectivity index (χ1v) is 15.9. The number of benzene rings is 4. The van der Waals surface area contributed by atoms with E-state index < -0.39 is 0 Å². The van der Waals surface area contributed by atoms with E-state index in [1.807, 2.05) is 32.0 Å². The topological polar surface area (TPSA) is 37.3 Å². The first-order chi connectivity index (χ1) is 21.0. The summed E-state index contributed by atoms with van der Waals surface area (Å²) in [5.74, 6) is 0.575. The molecular formula is C38H40ClN3O. The van der Waals surface area contributed by atoms with E-state index in [9.17, 15) is 4.79 Å². The van der Waals surface area contributed by atoms with Crippen LogP contribution in [0.3, 0.4) is 0 Å². The zero-order chi connectivity index (χ0) is 29.8. The van der Waals surface area contributed by atoms with Gasteiger partial charge in [-0.15, -0.1) is 0 Å². The second-order valence-corrected chi connectivity index (χ2v) is 12.5. The SMILES string of the molecule is CC(C)C(=O)Nc1cccc(C2CCN(CCCc3c(-c4cccc(Cl)c4)n(-c4ccccc4)c4ccccc34)CC2)c1. The molecule has 5 aromatic rings. The molecule has 1 saturated heterocycles. The van der Waals surface area contributed by atoms with E-state index in [1.165, 1.54) is 27.7 Å². The molecule has 0 atom stereocenters. The Bertz CT molecular complexity index is 1700. The van der Waals surface area contributed by atoms with Crippen molar-refractivity contribution >= 4 is 34.1 Å². The van der Waals surface area contributed by atoms with Crippen LogP contribution in [0.5, 0.6) is 0 Å². The maximum absolute atomic E-state index is 12.2. The van der Waals surface area contributed by atoms with Crippen LogP contribution in [0.1, 0.15) is 50.2 Å². The van der Waals surface area contributed by atoms with E-state index in [4.69, 9.17) is 11.6 Å². The van der Waals surface area contributed by atoms with Gasteiger partial charge in [0.25, 0.3) is 0 Å². The average molecular weight is 590 g/mol. The summed E-state index contributed by atoms with van der Waals surface area (Å²) in [6.45, 7) is 7.12. The molecule has 5 heteroatoms. The lowest BCUT2D eigenvalue weighted by Crippen LogP contribution is -2.33. The number of rotatable bonds is 9. The molecule has 4 aromatic carbocycles. The number of nitrogens with one attached hydrogen (secondary N) is 1. The van der Waals surface area contributed by atoms with Crippen LogP contribution in [0.4, 0.5) is 5.69 Å². The first-order valence-electron chi connectivity index (χ1n) is 15.5. The fourth-order valence-electron chi connectivity index (χ4n) is 6.47. The van der Waals surface area contributed by atoms with Crippen molar-refractivity contribution in [1.82, 2.24) is 9.47 Å². The van der Waals surface area contributed by atoms with Gasteiger partial charge in [-0.25, -0.2) is 0 Å². The van der Waals surface area contributed by atoms with E-state index in [-0.39, 0.29) is 11.8 Å². The number of carbonyl (C=O) groups excluding carboxylic acids is 1. The standard InChI is InChI=1S/C38H40ClN3O/c1-27(2)38(43)40-32-14-9-11-29(26-32)28-20-23-41(24-21-28)22-10-18-35-34-17-6-7-19-36(34)42(33-15-4-3-5-16-33)37(35)30-12-8-13-31(39)25-30/h3-9,11-17,19,25-28H,10,18,20-24H2,1-2H3,(H,40,43). The Balaban J connectivity index is 1.18. The van der Waals surface area contributed by atoms with Crippen LogP contribution in [0.15, 0.2) is 103 Å². The number of likely N-dealkylation sites (tertiary alicyclic amines) is 1. The van der Waals surface area contributed by atoms with Crippen LogP contribution in [0.2, 0.25) is 5.02 Å². The number of para-hydroxylation sites is 2. The van der Waals surface area contributed by atoms with Crippen LogP contribution in [-0.4, -0.2) is 35.0 Å². The van der Waals surface area contributed by atoms with Gasteiger partial charge in [-0.05, 0) is 105 Å². The second-order valence-electron chi connectivity index (χ2n) is 12.0. The number of hydrogen-bond acceptors (Lipinski definition) is 2. The number of anilines is 1. The molecule has 1 fully saturated rings. The summed E-state index contributed by atoms with van der Waals surface area (Å²) in [7, 11) is 0. The second kappa shape index (κ2) is 13.2. The van der Waals surface area contributed by atoms with Crippen LogP contribution in [0.25, 0.3) is 27.8 Å². The number of halogens is 1. The minimum atomic E-state index is -0.0247. The van der Waals surface area contributed by atoms with Crippen molar-refractivity contribution < 1.29 is 4.79 Å². The van der Waals surface area contributed by atoms with Crippen molar-refractivity contribution in [3.05, 3.63) is 119 Å². The molecule has 1 amide bonds. The van der Waals surface area contributed by atoms with Gasteiger partial charge in [0.2, 0.25) is 5.91 Å². The van der Waals surface area contributed by atoms with E-state index in [0.29, 0.717) is 5.92 Å². The lowest BCUT2D eigenvalue weighted by Gasteiger charge is -2.32. The maximum Gasteiger partial charge on any atom is 0.226 e. The number of nitrogens with zero attached hydrogens (tertiary/aromatic N) is 2. The van der Waals surface area contributed by atoms with Gasteiger partial charge in [0.1, 0.15) is 0 Å². The summed E-state index contributed by atoms with van der Waals surface area (Å²) in [4.78, 5) is 14.8. The van der Waals surface area contributed by atoms with E-state index in [2.05, 4.69) is 99.7 Å². The third kappa shape index (κ3) is 6.56. The van der Waals surface area contributed by atoms with Gasteiger partial charge in [0.15, 0.2) is 0 Å². The van der Waals surface area contributed by atoms with E-state index in [1.54, 1.807) is 0 Å². The Hall–Kier alpha value is -3.86. The molecular weight excluding hydrogens is 550 g/mol.